The zero-order chi connectivity index (χ0) is 12.5. The van der Waals surface area contributed by atoms with Crippen molar-refractivity contribution >= 4 is 44.7 Å². The Hall–Kier alpha value is -0.940. The van der Waals surface area contributed by atoms with E-state index in [2.05, 4.69) is 16.4 Å². The molecule has 2 heterocycles. The Morgan fingerprint density at radius 2 is 2.33 bits per heavy atom. The quantitative estimate of drug-likeness (QED) is 0.826. The summed E-state index contributed by atoms with van der Waals surface area (Å²) in [5.74, 6) is 2.46. The second kappa shape index (κ2) is 4.97. The minimum atomic E-state index is 0.545. The van der Waals surface area contributed by atoms with E-state index in [9.17, 15) is 0 Å². The zero-order valence-corrected chi connectivity index (χ0v) is 12.0. The molecule has 0 radical (unpaired) electrons. The third kappa shape index (κ3) is 2.42. The molecule has 96 valence electrons. The van der Waals surface area contributed by atoms with Gasteiger partial charge in [0.25, 0.3) is 0 Å². The van der Waals surface area contributed by atoms with Crippen LogP contribution < -0.4 is 11.1 Å². The predicted molar refractivity (Wildman–Crippen MR) is 82.7 cm³/mol. The van der Waals surface area contributed by atoms with Crippen LogP contribution >= 0.6 is 23.1 Å². The van der Waals surface area contributed by atoms with Crippen LogP contribution in [0.2, 0.25) is 0 Å². The van der Waals surface area contributed by atoms with Gasteiger partial charge in [-0.25, -0.2) is 4.98 Å². The molecule has 0 spiro atoms. The number of hydrogen-bond acceptors (Lipinski definition) is 5. The molecule has 3 rings (SSSR count). The van der Waals surface area contributed by atoms with Crippen molar-refractivity contribution in [2.75, 3.05) is 22.6 Å². The average Bonchev–Trinajstić information content (AvgIpc) is 2.70. The van der Waals surface area contributed by atoms with Crippen molar-refractivity contribution < 1.29 is 0 Å². The van der Waals surface area contributed by atoms with Gasteiger partial charge in [-0.1, -0.05) is 0 Å². The number of aromatic nitrogens is 1. The fraction of sp³-hybridized carbons (Fsp3) is 0.462. The highest BCUT2D eigenvalue weighted by Crippen LogP contribution is 2.31. The van der Waals surface area contributed by atoms with Gasteiger partial charge in [-0.15, -0.1) is 11.3 Å². The van der Waals surface area contributed by atoms with Crippen LogP contribution in [0.1, 0.15) is 17.8 Å². The summed E-state index contributed by atoms with van der Waals surface area (Å²) in [6, 6.07) is 4.68. The number of thioether (sulfide) groups is 1. The van der Waals surface area contributed by atoms with Crippen LogP contribution in [0.4, 0.5) is 11.4 Å². The number of thiazole rings is 1. The number of nitrogens with two attached hydrogens (primary N) is 1. The molecule has 18 heavy (non-hydrogen) atoms. The Morgan fingerprint density at radius 3 is 3.11 bits per heavy atom. The van der Waals surface area contributed by atoms with E-state index in [4.69, 9.17) is 5.73 Å². The number of nitrogens with zero attached hydrogens (tertiary/aromatic N) is 1. The molecule has 1 aliphatic heterocycles. The van der Waals surface area contributed by atoms with Crippen molar-refractivity contribution in [2.24, 2.45) is 0 Å². The number of hydrogen-bond donors (Lipinski definition) is 2. The summed E-state index contributed by atoms with van der Waals surface area (Å²) in [6.45, 7) is 2.03. The molecule has 0 amide bonds. The maximum absolute atomic E-state index is 6.12. The van der Waals surface area contributed by atoms with Crippen LogP contribution in [-0.2, 0) is 0 Å². The lowest BCUT2D eigenvalue weighted by atomic mass is 10.1. The molecule has 1 unspecified atom stereocenters. The molecule has 1 aliphatic rings. The first-order chi connectivity index (χ1) is 8.72. The van der Waals surface area contributed by atoms with Crippen molar-refractivity contribution in [3.63, 3.8) is 0 Å². The molecule has 1 aromatic carbocycles. The molecule has 1 fully saturated rings. The number of anilines is 2. The predicted octanol–water partition coefficient (Wildman–Crippen LogP) is 3.49. The van der Waals surface area contributed by atoms with Gasteiger partial charge in [0.05, 0.1) is 26.6 Å². The Labute approximate surface area is 115 Å². The number of nitrogen functional groups attached to an aromatic ring is 1. The number of nitrogens with one attached hydrogen (secondary N) is 1. The van der Waals surface area contributed by atoms with Crippen LogP contribution in [0.5, 0.6) is 0 Å². The van der Waals surface area contributed by atoms with Gasteiger partial charge in [0.2, 0.25) is 0 Å². The van der Waals surface area contributed by atoms with Gasteiger partial charge in [0, 0.05) is 11.8 Å². The second-order valence-electron chi connectivity index (χ2n) is 4.70. The van der Waals surface area contributed by atoms with Crippen LogP contribution in [-0.4, -0.2) is 22.5 Å². The first-order valence-electron chi connectivity index (χ1n) is 6.23. The van der Waals surface area contributed by atoms with Gasteiger partial charge in [0.1, 0.15) is 0 Å². The zero-order valence-electron chi connectivity index (χ0n) is 10.4. The maximum Gasteiger partial charge on any atom is 0.0907 e. The highest BCUT2D eigenvalue weighted by Gasteiger charge is 2.15. The first kappa shape index (κ1) is 12.1. The lowest BCUT2D eigenvalue weighted by molar-refractivity contribution is 0.685. The minimum Gasteiger partial charge on any atom is -0.397 e. The third-order valence-corrected chi connectivity index (χ3v) is 5.34. The molecule has 1 aromatic heterocycles. The normalized spacial score (nSPS) is 20.2. The Bertz CT molecular complexity index is 559. The standard InChI is InChI=1S/C13H17N3S2/c1-8-15-12-6-11(10(14)5-13(12)18-8)16-9-3-2-4-17-7-9/h5-6,9,16H,2-4,7,14H2,1H3. The summed E-state index contributed by atoms with van der Waals surface area (Å²) in [5, 5.41) is 4.66. The van der Waals surface area contributed by atoms with Gasteiger partial charge in [-0.3, -0.25) is 0 Å². The Kier molecular flexibility index (Phi) is 3.35. The van der Waals surface area contributed by atoms with Gasteiger partial charge in [-0.2, -0.15) is 11.8 Å². The maximum atomic E-state index is 6.12. The largest absolute Gasteiger partial charge is 0.397 e. The van der Waals surface area contributed by atoms with E-state index in [0.717, 1.165) is 21.9 Å². The highest BCUT2D eigenvalue weighted by molar-refractivity contribution is 7.99. The molecule has 1 atom stereocenters. The van der Waals surface area contributed by atoms with Crippen molar-refractivity contribution in [2.45, 2.75) is 25.8 Å². The lowest BCUT2D eigenvalue weighted by Crippen LogP contribution is -2.26. The van der Waals surface area contributed by atoms with Crippen LogP contribution in [0, 0.1) is 6.92 Å². The molecule has 1 saturated heterocycles. The van der Waals surface area contributed by atoms with Gasteiger partial charge < -0.3 is 11.1 Å². The van der Waals surface area contributed by atoms with Crippen molar-refractivity contribution in [3.8, 4) is 0 Å². The van der Waals surface area contributed by atoms with E-state index in [1.165, 1.54) is 29.0 Å². The SMILES string of the molecule is Cc1nc2cc(NC3CCCSC3)c(N)cc2s1. The van der Waals surface area contributed by atoms with E-state index in [1.54, 1.807) is 11.3 Å². The first-order valence-corrected chi connectivity index (χ1v) is 8.20. The second-order valence-corrected chi connectivity index (χ2v) is 7.08. The smallest absolute Gasteiger partial charge is 0.0907 e. The summed E-state index contributed by atoms with van der Waals surface area (Å²) in [4.78, 5) is 4.53. The summed E-state index contributed by atoms with van der Waals surface area (Å²) in [5.41, 5.74) is 9.05. The van der Waals surface area contributed by atoms with Crippen molar-refractivity contribution in [1.29, 1.82) is 0 Å². The van der Waals surface area contributed by atoms with E-state index in [0.29, 0.717) is 6.04 Å². The van der Waals surface area contributed by atoms with Gasteiger partial charge in [0.15, 0.2) is 0 Å². The fourth-order valence-electron chi connectivity index (χ4n) is 2.30. The molecule has 3 nitrogen and oxygen atoms in total. The third-order valence-electron chi connectivity index (χ3n) is 3.19. The summed E-state index contributed by atoms with van der Waals surface area (Å²) >= 11 is 3.72. The molecular formula is C13H17N3S2. The van der Waals surface area contributed by atoms with Crippen LogP contribution in [0.15, 0.2) is 12.1 Å². The minimum absolute atomic E-state index is 0.545. The number of aryl methyl sites for hydroxylation is 1. The summed E-state index contributed by atoms with van der Waals surface area (Å²) in [6.07, 6.45) is 2.53. The molecule has 0 aliphatic carbocycles. The monoisotopic (exact) mass is 279 g/mol. The topological polar surface area (TPSA) is 50.9 Å². The van der Waals surface area contributed by atoms with Gasteiger partial charge >= 0.3 is 0 Å². The molecule has 2 aromatic rings. The van der Waals surface area contributed by atoms with Crippen molar-refractivity contribution in [1.82, 2.24) is 4.98 Å². The van der Waals surface area contributed by atoms with Crippen LogP contribution in [0.3, 0.4) is 0 Å². The fourth-order valence-corrected chi connectivity index (χ4v) is 4.23. The molecular weight excluding hydrogens is 262 g/mol. The molecule has 5 heteroatoms. The molecule has 0 saturated carbocycles. The van der Waals surface area contributed by atoms with Crippen molar-refractivity contribution in [3.05, 3.63) is 17.1 Å². The lowest BCUT2D eigenvalue weighted by Gasteiger charge is -2.24. The van der Waals surface area contributed by atoms with E-state index in [-0.39, 0.29) is 0 Å². The number of rotatable bonds is 2. The summed E-state index contributed by atoms with van der Waals surface area (Å²) in [7, 11) is 0. The van der Waals surface area contributed by atoms with E-state index < -0.39 is 0 Å². The molecule has 3 N–H and O–H groups in total. The summed E-state index contributed by atoms with van der Waals surface area (Å²) < 4.78 is 1.17. The van der Waals surface area contributed by atoms with Crippen LogP contribution in [0.25, 0.3) is 10.2 Å². The van der Waals surface area contributed by atoms with Gasteiger partial charge in [-0.05, 0) is 37.7 Å². The Balaban J connectivity index is 1.88. The average molecular weight is 279 g/mol. The number of benzene rings is 1. The van der Waals surface area contributed by atoms with E-state index in [1.807, 2.05) is 24.8 Å². The highest BCUT2D eigenvalue weighted by atomic mass is 32.2. The van der Waals surface area contributed by atoms with E-state index >= 15 is 0 Å². The Morgan fingerprint density at radius 1 is 1.44 bits per heavy atom. The number of fused-ring (bicyclic) bond motifs is 1. The molecule has 0 bridgehead atoms.